The van der Waals surface area contributed by atoms with Crippen molar-refractivity contribution in [1.29, 1.82) is 0 Å². The number of hydrogen-bond acceptors (Lipinski definition) is 5. The lowest BCUT2D eigenvalue weighted by Gasteiger charge is -2.24. The Morgan fingerprint density at radius 2 is 2.04 bits per heavy atom. The van der Waals surface area contributed by atoms with E-state index in [0.717, 1.165) is 50.5 Å². The number of rotatable bonds is 4. The third-order valence-corrected chi connectivity index (χ3v) is 5.69. The summed E-state index contributed by atoms with van der Waals surface area (Å²) < 4.78 is 0. The van der Waals surface area contributed by atoms with E-state index >= 15 is 0 Å². The van der Waals surface area contributed by atoms with E-state index in [1.807, 2.05) is 0 Å². The van der Waals surface area contributed by atoms with Gasteiger partial charge in [-0.05, 0) is 25.8 Å². The highest BCUT2D eigenvalue weighted by molar-refractivity contribution is 5.79. The van der Waals surface area contributed by atoms with E-state index < -0.39 is 0 Å². The molecule has 2 N–H and O–H groups in total. The quantitative estimate of drug-likeness (QED) is 0.873. The number of aromatic nitrogens is 2. The summed E-state index contributed by atoms with van der Waals surface area (Å²) in [6, 6.07) is 0.504. The molecule has 0 unspecified atom stereocenters. The van der Waals surface area contributed by atoms with E-state index in [2.05, 4.69) is 25.5 Å². The minimum absolute atomic E-state index is 0.347. The fourth-order valence-electron chi connectivity index (χ4n) is 4.38. The highest BCUT2D eigenvalue weighted by Crippen LogP contribution is 2.29. The van der Waals surface area contributed by atoms with Crippen LogP contribution in [0.1, 0.15) is 43.4 Å². The molecule has 6 nitrogen and oxygen atoms in total. The average Bonchev–Trinajstić information content (AvgIpc) is 3.16. The van der Waals surface area contributed by atoms with Crippen molar-refractivity contribution in [1.82, 2.24) is 20.2 Å². The molecule has 24 heavy (non-hydrogen) atoms. The Bertz CT molecular complexity index is 599. The second-order valence-corrected chi connectivity index (χ2v) is 7.33. The summed E-state index contributed by atoms with van der Waals surface area (Å²) in [5, 5.41) is 6.93. The van der Waals surface area contributed by atoms with E-state index in [9.17, 15) is 4.79 Å². The predicted molar refractivity (Wildman–Crippen MR) is 92.9 cm³/mol. The van der Waals surface area contributed by atoms with Gasteiger partial charge in [0.05, 0.1) is 5.69 Å². The second kappa shape index (κ2) is 7.05. The molecule has 1 saturated heterocycles. The fourth-order valence-corrected chi connectivity index (χ4v) is 4.38. The maximum Gasteiger partial charge on any atom is 0.223 e. The highest BCUT2D eigenvalue weighted by atomic mass is 16.2. The first-order chi connectivity index (χ1) is 11.8. The minimum atomic E-state index is 0.347. The number of nitrogens with one attached hydrogen (secondary N) is 2. The van der Waals surface area contributed by atoms with Crippen LogP contribution in [0.25, 0.3) is 0 Å². The maximum atomic E-state index is 12.3. The van der Waals surface area contributed by atoms with Crippen LogP contribution in [-0.4, -0.2) is 53.0 Å². The van der Waals surface area contributed by atoms with Gasteiger partial charge in [-0.3, -0.25) is 4.79 Å². The first-order valence-electron chi connectivity index (χ1n) is 9.38. The van der Waals surface area contributed by atoms with Crippen molar-refractivity contribution in [2.45, 2.75) is 51.0 Å². The molecule has 1 saturated carbocycles. The van der Waals surface area contributed by atoms with Crippen molar-refractivity contribution in [3.8, 4) is 0 Å². The molecule has 2 aliphatic heterocycles. The van der Waals surface area contributed by atoms with Crippen molar-refractivity contribution in [3.63, 3.8) is 0 Å². The lowest BCUT2D eigenvalue weighted by atomic mass is 10.1. The van der Waals surface area contributed by atoms with Crippen LogP contribution in [-0.2, 0) is 17.6 Å². The molecule has 3 aliphatic rings. The van der Waals surface area contributed by atoms with Gasteiger partial charge in [-0.2, -0.15) is 0 Å². The Morgan fingerprint density at radius 1 is 1.21 bits per heavy atom. The highest BCUT2D eigenvalue weighted by Gasteiger charge is 2.35. The van der Waals surface area contributed by atoms with Gasteiger partial charge in [0.25, 0.3) is 0 Å². The Labute approximate surface area is 143 Å². The summed E-state index contributed by atoms with van der Waals surface area (Å²) in [6.45, 7) is 3.69. The van der Waals surface area contributed by atoms with Crippen LogP contribution in [0.2, 0.25) is 0 Å². The van der Waals surface area contributed by atoms with Crippen LogP contribution >= 0.6 is 0 Å². The summed E-state index contributed by atoms with van der Waals surface area (Å²) in [7, 11) is 0. The molecule has 0 bridgehead atoms. The zero-order valence-corrected chi connectivity index (χ0v) is 14.3. The third-order valence-electron chi connectivity index (χ3n) is 5.69. The summed E-state index contributed by atoms with van der Waals surface area (Å²) in [6.07, 6.45) is 9.21. The first-order valence-corrected chi connectivity index (χ1v) is 9.38. The minimum Gasteiger partial charge on any atom is -0.369 e. The molecule has 1 aliphatic carbocycles. The molecular weight excluding hydrogens is 302 g/mol. The van der Waals surface area contributed by atoms with Crippen LogP contribution in [0.3, 0.4) is 0 Å². The van der Waals surface area contributed by atoms with E-state index in [1.165, 1.54) is 31.2 Å². The number of fused-ring (bicyclic) bond motifs is 1. The molecule has 0 spiro atoms. The largest absolute Gasteiger partial charge is 0.369 e. The molecular formula is C18H27N5O. The monoisotopic (exact) mass is 329 g/mol. The van der Waals surface area contributed by atoms with E-state index in [1.54, 1.807) is 6.33 Å². The predicted octanol–water partition coefficient (Wildman–Crippen LogP) is 1.37. The van der Waals surface area contributed by atoms with Gasteiger partial charge in [-0.25, -0.2) is 9.97 Å². The molecule has 1 amide bonds. The van der Waals surface area contributed by atoms with Gasteiger partial charge in [-0.1, -0.05) is 12.8 Å². The first kappa shape index (κ1) is 15.8. The number of hydrogen-bond donors (Lipinski definition) is 2. The van der Waals surface area contributed by atoms with Gasteiger partial charge < -0.3 is 15.5 Å². The van der Waals surface area contributed by atoms with E-state index in [-0.39, 0.29) is 0 Å². The number of likely N-dealkylation sites (tertiary alicyclic amines) is 1. The van der Waals surface area contributed by atoms with E-state index in [4.69, 9.17) is 0 Å². The van der Waals surface area contributed by atoms with Crippen molar-refractivity contribution >= 4 is 11.7 Å². The average molecular weight is 329 g/mol. The van der Waals surface area contributed by atoms with Gasteiger partial charge in [0.1, 0.15) is 12.1 Å². The number of carbonyl (C=O) groups is 1. The van der Waals surface area contributed by atoms with Gasteiger partial charge in [0, 0.05) is 50.0 Å². The SMILES string of the molecule is O=C1C[C@H](CNc2ncnc3c2CCNCC3)CN1C1CCCC1. The third kappa shape index (κ3) is 3.24. The van der Waals surface area contributed by atoms with Gasteiger partial charge >= 0.3 is 0 Å². The molecule has 1 aromatic heterocycles. The fraction of sp³-hybridized carbons (Fsp3) is 0.722. The summed E-state index contributed by atoms with van der Waals surface area (Å²) in [4.78, 5) is 23.4. The summed E-state index contributed by atoms with van der Waals surface area (Å²) in [5.41, 5.74) is 2.41. The smallest absolute Gasteiger partial charge is 0.223 e. The van der Waals surface area contributed by atoms with Crippen LogP contribution in [0.5, 0.6) is 0 Å². The zero-order chi connectivity index (χ0) is 16.4. The number of carbonyl (C=O) groups excluding carboxylic acids is 1. The lowest BCUT2D eigenvalue weighted by Crippen LogP contribution is -2.35. The van der Waals surface area contributed by atoms with Crippen LogP contribution in [0, 0.1) is 5.92 Å². The molecule has 1 aromatic rings. The van der Waals surface area contributed by atoms with Crippen LogP contribution < -0.4 is 10.6 Å². The maximum absolute atomic E-state index is 12.3. The Hall–Kier alpha value is -1.69. The number of nitrogens with zero attached hydrogens (tertiary/aromatic N) is 3. The Balaban J connectivity index is 1.38. The van der Waals surface area contributed by atoms with Gasteiger partial charge in [0.2, 0.25) is 5.91 Å². The standard InChI is InChI=1S/C18H27N5O/c24-17-9-13(11-23(17)14-3-1-2-4-14)10-20-18-15-5-7-19-8-6-16(15)21-12-22-18/h12-14,19H,1-11H2,(H,20,21,22)/t13-/m1/s1. The normalized spacial score (nSPS) is 24.9. The van der Waals surface area contributed by atoms with Crippen LogP contribution in [0.15, 0.2) is 6.33 Å². The van der Waals surface area contributed by atoms with Crippen molar-refractivity contribution in [3.05, 3.63) is 17.6 Å². The van der Waals surface area contributed by atoms with Crippen molar-refractivity contribution in [2.24, 2.45) is 5.92 Å². The van der Waals surface area contributed by atoms with E-state index in [0.29, 0.717) is 24.3 Å². The topological polar surface area (TPSA) is 70.1 Å². The van der Waals surface area contributed by atoms with Crippen molar-refractivity contribution in [2.75, 3.05) is 31.5 Å². The van der Waals surface area contributed by atoms with Crippen molar-refractivity contribution < 1.29 is 4.79 Å². The molecule has 130 valence electrons. The molecule has 6 heteroatoms. The molecule has 4 rings (SSSR count). The van der Waals surface area contributed by atoms with Crippen LogP contribution in [0.4, 0.5) is 5.82 Å². The molecule has 0 aromatic carbocycles. The molecule has 3 heterocycles. The van der Waals surface area contributed by atoms with Gasteiger partial charge in [0.15, 0.2) is 0 Å². The number of amides is 1. The lowest BCUT2D eigenvalue weighted by molar-refractivity contribution is -0.129. The number of anilines is 1. The Kier molecular flexibility index (Phi) is 4.65. The molecule has 0 radical (unpaired) electrons. The summed E-state index contributed by atoms with van der Waals surface area (Å²) in [5.74, 6) is 1.71. The Morgan fingerprint density at radius 3 is 2.92 bits per heavy atom. The summed E-state index contributed by atoms with van der Waals surface area (Å²) >= 11 is 0. The zero-order valence-electron chi connectivity index (χ0n) is 14.3. The van der Waals surface area contributed by atoms with Gasteiger partial charge in [-0.15, -0.1) is 0 Å². The molecule has 1 atom stereocenters. The second-order valence-electron chi connectivity index (χ2n) is 7.33. The molecule has 2 fully saturated rings.